The molecule has 0 atom stereocenters. The Morgan fingerprint density at radius 1 is 0.750 bits per heavy atom. The van der Waals surface area contributed by atoms with Crippen molar-refractivity contribution in [3.8, 4) is 5.75 Å². The fraction of sp³-hybridized carbons (Fsp3) is 0.727. The molecule has 0 saturated carbocycles. The zero-order valence-corrected chi connectivity index (χ0v) is 20.7. The van der Waals surface area contributed by atoms with Gasteiger partial charge in [-0.3, -0.25) is 4.55 Å². The Bertz CT molecular complexity index is 617. The molecule has 0 aliphatic carbocycles. The summed E-state index contributed by atoms with van der Waals surface area (Å²) in [6.07, 6.45) is 18.7. The van der Waals surface area contributed by atoms with Crippen LogP contribution in [0, 0.1) is 0 Å². The SMILES string of the molecule is CCCCCCCCCCCCCCCCc1cc([O-])cc(S(=O)(=O)O)c1.[Na+]. The van der Waals surface area contributed by atoms with Crippen LogP contribution in [0.2, 0.25) is 0 Å². The van der Waals surface area contributed by atoms with Crippen LogP contribution >= 0.6 is 0 Å². The molecule has 0 fully saturated rings. The Kier molecular flexibility index (Phi) is 16.7. The van der Waals surface area contributed by atoms with Gasteiger partial charge in [0.2, 0.25) is 0 Å². The fourth-order valence-corrected chi connectivity index (χ4v) is 4.01. The van der Waals surface area contributed by atoms with E-state index in [1.165, 1.54) is 89.2 Å². The Morgan fingerprint density at radius 3 is 1.61 bits per heavy atom. The van der Waals surface area contributed by atoms with E-state index in [9.17, 15) is 13.5 Å². The summed E-state index contributed by atoms with van der Waals surface area (Å²) in [6.45, 7) is 2.25. The molecule has 0 saturated heterocycles. The third-order valence-corrected chi connectivity index (χ3v) is 5.89. The number of benzene rings is 1. The zero-order chi connectivity index (χ0) is 20.0. The molecule has 1 aromatic rings. The second-order valence-electron chi connectivity index (χ2n) is 7.63. The van der Waals surface area contributed by atoms with Crippen molar-refractivity contribution < 1.29 is 47.6 Å². The molecule has 28 heavy (non-hydrogen) atoms. The predicted octanol–water partition coefficient (Wildman–Crippen LogP) is 3.03. The first-order valence-electron chi connectivity index (χ1n) is 10.7. The van der Waals surface area contributed by atoms with E-state index in [4.69, 9.17) is 4.55 Å². The molecule has 0 aliphatic heterocycles. The summed E-state index contributed by atoms with van der Waals surface area (Å²) in [5.41, 5.74) is 0.689. The van der Waals surface area contributed by atoms with Crippen LogP contribution in [0.4, 0.5) is 0 Å². The van der Waals surface area contributed by atoms with Crippen LogP contribution in [-0.4, -0.2) is 13.0 Å². The number of rotatable bonds is 16. The summed E-state index contributed by atoms with van der Waals surface area (Å²) in [5.74, 6) is -0.370. The summed E-state index contributed by atoms with van der Waals surface area (Å²) < 4.78 is 31.4. The number of hydrogen-bond acceptors (Lipinski definition) is 3. The predicted molar refractivity (Wildman–Crippen MR) is 110 cm³/mol. The van der Waals surface area contributed by atoms with E-state index in [1.807, 2.05) is 0 Å². The minimum atomic E-state index is -4.31. The maximum Gasteiger partial charge on any atom is 1.00 e. The molecule has 0 aromatic heterocycles. The van der Waals surface area contributed by atoms with Gasteiger partial charge in [0.25, 0.3) is 10.1 Å². The van der Waals surface area contributed by atoms with E-state index in [1.54, 1.807) is 0 Å². The van der Waals surface area contributed by atoms with Crippen LogP contribution in [0.15, 0.2) is 23.1 Å². The van der Waals surface area contributed by atoms with Crippen LogP contribution in [0.3, 0.4) is 0 Å². The minimum Gasteiger partial charge on any atom is -0.872 e. The van der Waals surface area contributed by atoms with Gasteiger partial charge in [0, 0.05) is 0 Å². The Morgan fingerprint density at radius 2 is 1.18 bits per heavy atom. The smallest absolute Gasteiger partial charge is 0.872 e. The van der Waals surface area contributed by atoms with Gasteiger partial charge in [0.15, 0.2) is 0 Å². The third-order valence-electron chi connectivity index (χ3n) is 5.06. The molecule has 0 heterocycles. The molecular formula is C22H37NaO4S. The van der Waals surface area contributed by atoms with Gasteiger partial charge < -0.3 is 5.11 Å². The van der Waals surface area contributed by atoms with E-state index >= 15 is 0 Å². The van der Waals surface area contributed by atoms with Crippen LogP contribution in [0.5, 0.6) is 5.75 Å². The molecule has 0 bridgehead atoms. The summed E-state index contributed by atoms with van der Waals surface area (Å²) in [6, 6.07) is 3.82. The number of hydrogen-bond donors (Lipinski definition) is 1. The standard InChI is InChI=1S/C22H38O4S.Na/c1-2-3-4-5-6-7-8-9-10-11-12-13-14-15-16-20-17-21(23)19-22(18-20)27(24,25)26;/h17-19,23H,2-16H2,1H3,(H,24,25,26);/q;+1/p-1. The molecule has 0 aliphatic rings. The van der Waals surface area contributed by atoms with Crippen molar-refractivity contribution in [1.29, 1.82) is 0 Å². The Hall–Kier alpha value is -0.0700. The van der Waals surface area contributed by atoms with E-state index in [0.29, 0.717) is 12.0 Å². The van der Waals surface area contributed by atoms with Gasteiger partial charge in [-0.05, 0) is 30.5 Å². The van der Waals surface area contributed by atoms with Crippen molar-refractivity contribution in [3.05, 3.63) is 23.8 Å². The van der Waals surface area contributed by atoms with E-state index in [0.717, 1.165) is 18.9 Å². The third kappa shape index (κ3) is 14.0. The topological polar surface area (TPSA) is 77.4 Å². The van der Waals surface area contributed by atoms with Crippen molar-refractivity contribution in [2.24, 2.45) is 0 Å². The minimum absolute atomic E-state index is 0. The summed E-state index contributed by atoms with van der Waals surface area (Å²) in [7, 11) is -4.31. The summed E-state index contributed by atoms with van der Waals surface area (Å²) in [4.78, 5) is -0.296. The molecule has 156 valence electrons. The van der Waals surface area contributed by atoms with Crippen molar-refractivity contribution in [3.63, 3.8) is 0 Å². The molecular weight excluding hydrogens is 383 g/mol. The van der Waals surface area contributed by atoms with Crippen LogP contribution in [0.1, 0.15) is 102 Å². The van der Waals surface area contributed by atoms with E-state index in [2.05, 4.69) is 6.92 Å². The fourth-order valence-electron chi connectivity index (χ4n) is 3.45. The van der Waals surface area contributed by atoms with Gasteiger partial charge in [-0.25, -0.2) is 0 Å². The van der Waals surface area contributed by atoms with Gasteiger partial charge >= 0.3 is 29.6 Å². The first kappa shape index (κ1) is 27.9. The molecule has 1 rings (SSSR count). The molecule has 1 aromatic carbocycles. The first-order chi connectivity index (χ1) is 12.9. The average molecular weight is 421 g/mol. The Labute approximate surface area is 194 Å². The Balaban J connectivity index is 0.00000729. The maximum absolute atomic E-state index is 11.5. The second kappa shape index (κ2) is 16.7. The quantitative estimate of drug-likeness (QED) is 0.253. The monoisotopic (exact) mass is 420 g/mol. The van der Waals surface area contributed by atoms with E-state index in [-0.39, 0.29) is 40.2 Å². The molecule has 0 unspecified atom stereocenters. The molecule has 6 heteroatoms. The van der Waals surface area contributed by atoms with Gasteiger partial charge in [0.1, 0.15) is 0 Å². The maximum atomic E-state index is 11.5. The molecule has 0 spiro atoms. The van der Waals surface area contributed by atoms with Gasteiger partial charge in [0.05, 0.1) is 4.90 Å². The molecule has 0 amide bonds. The second-order valence-corrected chi connectivity index (χ2v) is 9.06. The van der Waals surface area contributed by atoms with Gasteiger partial charge in [-0.1, -0.05) is 96.5 Å². The molecule has 0 radical (unpaired) electrons. The van der Waals surface area contributed by atoms with Crippen LogP contribution in [-0.2, 0) is 16.5 Å². The van der Waals surface area contributed by atoms with Crippen LogP contribution < -0.4 is 34.7 Å². The summed E-state index contributed by atoms with van der Waals surface area (Å²) >= 11 is 0. The molecule has 4 nitrogen and oxygen atoms in total. The van der Waals surface area contributed by atoms with Crippen molar-refractivity contribution >= 4 is 10.1 Å². The molecule has 1 N–H and O–H groups in total. The first-order valence-corrected chi connectivity index (χ1v) is 12.2. The van der Waals surface area contributed by atoms with Crippen molar-refractivity contribution in [2.45, 2.75) is 108 Å². The van der Waals surface area contributed by atoms with E-state index < -0.39 is 10.1 Å². The largest absolute Gasteiger partial charge is 1.00 e. The number of unbranched alkanes of at least 4 members (excludes halogenated alkanes) is 13. The zero-order valence-electron chi connectivity index (χ0n) is 17.9. The summed E-state index contributed by atoms with van der Waals surface area (Å²) in [5, 5.41) is 11.5. The van der Waals surface area contributed by atoms with Crippen LogP contribution in [0.25, 0.3) is 0 Å². The normalized spacial score (nSPS) is 11.4. The number of aryl methyl sites for hydroxylation is 1. The van der Waals surface area contributed by atoms with Crippen molar-refractivity contribution in [2.75, 3.05) is 0 Å². The average Bonchev–Trinajstić information content (AvgIpc) is 2.61. The van der Waals surface area contributed by atoms with Gasteiger partial charge in [-0.2, -0.15) is 8.42 Å². The van der Waals surface area contributed by atoms with Gasteiger partial charge in [-0.15, -0.1) is 5.75 Å². The van der Waals surface area contributed by atoms with Crippen molar-refractivity contribution in [1.82, 2.24) is 0 Å².